The second-order valence-corrected chi connectivity index (χ2v) is 5.65. The fourth-order valence-electron chi connectivity index (χ4n) is 3.25. The van der Waals surface area contributed by atoms with Gasteiger partial charge in [-0.05, 0) is 38.3 Å². The molecule has 0 unspecified atom stereocenters. The van der Waals surface area contributed by atoms with E-state index in [0.29, 0.717) is 0 Å². The van der Waals surface area contributed by atoms with E-state index < -0.39 is 16.1 Å². The fraction of sp³-hybridized carbons (Fsp3) is 0.500. The molecule has 2 atom stereocenters. The van der Waals surface area contributed by atoms with E-state index in [1.54, 1.807) is 12.1 Å². The number of ether oxygens (including phenoxy) is 1. The summed E-state index contributed by atoms with van der Waals surface area (Å²) in [4.78, 5) is 22.3. The zero-order chi connectivity index (χ0) is 14.4. The summed E-state index contributed by atoms with van der Waals surface area (Å²) >= 11 is 0. The number of benzene rings is 1. The molecule has 1 aliphatic carbocycles. The Morgan fingerprint density at radius 2 is 2.00 bits per heavy atom. The summed E-state index contributed by atoms with van der Waals surface area (Å²) < 4.78 is 5.77. The second kappa shape index (κ2) is 4.28. The maximum absolute atomic E-state index is 12.1. The summed E-state index contributed by atoms with van der Waals surface area (Å²) in [5.74, 6) is 0.129. The van der Waals surface area contributed by atoms with Crippen molar-refractivity contribution in [1.82, 2.24) is 0 Å². The first-order valence-corrected chi connectivity index (χ1v) is 6.67. The highest BCUT2D eigenvalue weighted by atomic mass is 16.6. The number of anilines is 1. The molecule has 1 saturated carbocycles. The normalized spacial score (nSPS) is 32.1. The van der Waals surface area contributed by atoms with E-state index in [1.165, 1.54) is 12.1 Å². The lowest BCUT2D eigenvalue weighted by atomic mass is 9.80. The van der Waals surface area contributed by atoms with E-state index in [-0.39, 0.29) is 18.1 Å². The Morgan fingerprint density at radius 1 is 1.30 bits per heavy atom. The summed E-state index contributed by atoms with van der Waals surface area (Å²) in [5, 5.41) is 13.9. The van der Waals surface area contributed by atoms with Gasteiger partial charge in [-0.25, -0.2) is 0 Å². The lowest BCUT2D eigenvalue weighted by Gasteiger charge is -2.36. The zero-order valence-electron chi connectivity index (χ0n) is 11.2. The van der Waals surface area contributed by atoms with Crippen molar-refractivity contribution < 1.29 is 14.5 Å². The van der Waals surface area contributed by atoms with Gasteiger partial charge in [-0.3, -0.25) is 14.9 Å². The number of nitrogens with one attached hydrogen (secondary N) is 1. The molecule has 1 N–H and O–H groups in total. The number of hydrogen-bond acceptors (Lipinski definition) is 5. The maximum atomic E-state index is 12.1. The van der Waals surface area contributed by atoms with Crippen molar-refractivity contribution >= 4 is 17.2 Å². The van der Waals surface area contributed by atoms with Gasteiger partial charge >= 0.3 is 0 Å². The Kier molecular flexibility index (Phi) is 2.79. The number of nitro benzene ring substituents is 1. The van der Waals surface area contributed by atoms with Crippen LogP contribution in [0.3, 0.4) is 0 Å². The summed E-state index contributed by atoms with van der Waals surface area (Å²) in [7, 11) is 0. The molecule has 1 heterocycles. The molecule has 0 amide bonds. The molecule has 1 aromatic carbocycles. The number of carbonyl (C=O) groups is 1. The highest BCUT2D eigenvalue weighted by molar-refractivity contribution is 5.90. The Labute approximate surface area is 116 Å². The van der Waals surface area contributed by atoms with Gasteiger partial charge in [-0.15, -0.1) is 0 Å². The molecule has 20 heavy (non-hydrogen) atoms. The van der Waals surface area contributed by atoms with Gasteiger partial charge in [0.15, 0.2) is 11.5 Å². The maximum Gasteiger partial charge on any atom is 0.269 e. The smallest absolute Gasteiger partial charge is 0.269 e. The lowest BCUT2D eigenvalue weighted by Crippen LogP contribution is -2.48. The van der Waals surface area contributed by atoms with E-state index in [0.717, 1.165) is 24.9 Å². The topological polar surface area (TPSA) is 81.5 Å². The molecule has 0 bridgehead atoms. The van der Waals surface area contributed by atoms with Crippen LogP contribution in [0.25, 0.3) is 0 Å². The second-order valence-electron chi connectivity index (χ2n) is 5.65. The number of fused-ring (bicyclic) bond motifs is 1. The number of nitro groups is 1. The van der Waals surface area contributed by atoms with Crippen molar-refractivity contribution in [3.63, 3.8) is 0 Å². The Balaban J connectivity index is 1.87. The molecule has 0 radical (unpaired) electrons. The van der Waals surface area contributed by atoms with Gasteiger partial charge in [0.2, 0.25) is 0 Å². The Hall–Kier alpha value is -1.95. The molecule has 106 valence electrons. The fourth-order valence-corrected chi connectivity index (χ4v) is 3.25. The minimum atomic E-state index is -0.666. The minimum absolute atomic E-state index is 0.0469. The van der Waals surface area contributed by atoms with Crippen LogP contribution in [-0.2, 0) is 9.53 Å². The molecule has 1 aromatic rings. The molecule has 2 aliphatic rings. The summed E-state index contributed by atoms with van der Waals surface area (Å²) in [5.41, 5.74) is -0.390. The van der Waals surface area contributed by atoms with E-state index in [4.69, 9.17) is 4.74 Å². The van der Waals surface area contributed by atoms with E-state index in [1.807, 2.05) is 6.92 Å². The number of hydrogen-bond donors (Lipinski definition) is 1. The van der Waals surface area contributed by atoms with Crippen LogP contribution >= 0.6 is 0 Å². The van der Waals surface area contributed by atoms with Crippen molar-refractivity contribution in [2.24, 2.45) is 5.41 Å². The van der Waals surface area contributed by atoms with Crippen molar-refractivity contribution in [3.8, 4) is 0 Å². The van der Waals surface area contributed by atoms with Crippen LogP contribution in [0, 0.1) is 15.5 Å². The molecule has 1 saturated heterocycles. The third-order valence-electron chi connectivity index (χ3n) is 4.59. The van der Waals surface area contributed by atoms with Crippen LogP contribution in [0.1, 0.15) is 26.2 Å². The Bertz CT molecular complexity index is 571. The predicted octanol–water partition coefficient (Wildman–Crippen LogP) is 2.49. The minimum Gasteiger partial charge on any atom is -0.357 e. The first-order chi connectivity index (χ1) is 9.47. The van der Waals surface area contributed by atoms with Crippen LogP contribution in [0.2, 0.25) is 0 Å². The third-order valence-corrected chi connectivity index (χ3v) is 4.59. The highest BCUT2D eigenvalue weighted by Gasteiger charge is 2.61. The lowest BCUT2D eigenvalue weighted by molar-refractivity contribution is -0.384. The van der Waals surface area contributed by atoms with E-state index >= 15 is 0 Å². The summed E-state index contributed by atoms with van der Waals surface area (Å²) in [6, 6.07) is 6.19. The first-order valence-electron chi connectivity index (χ1n) is 6.67. The van der Waals surface area contributed by atoms with Crippen molar-refractivity contribution in [1.29, 1.82) is 0 Å². The number of nitrogens with zero attached hydrogens (tertiary/aromatic N) is 1. The van der Waals surface area contributed by atoms with Gasteiger partial charge in [-0.1, -0.05) is 0 Å². The van der Waals surface area contributed by atoms with Crippen LogP contribution in [0.5, 0.6) is 0 Å². The van der Waals surface area contributed by atoms with Crippen molar-refractivity contribution in [2.45, 2.75) is 31.9 Å². The largest absolute Gasteiger partial charge is 0.357 e. The number of ketones is 1. The summed E-state index contributed by atoms with van der Waals surface area (Å²) in [6.45, 7) is 2.07. The monoisotopic (exact) mass is 276 g/mol. The van der Waals surface area contributed by atoms with Gasteiger partial charge in [0.05, 0.1) is 10.3 Å². The molecule has 0 aromatic heterocycles. The number of non-ortho nitro benzene ring substituents is 1. The first kappa shape index (κ1) is 13.1. The van der Waals surface area contributed by atoms with Crippen LogP contribution in [0.15, 0.2) is 24.3 Å². The number of rotatable bonds is 3. The molecule has 6 heteroatoms. The number of carbonyl (C=O) groups excluding carboxylic acids is 1. The van der Waals surface area contributed by atoms with Crippen molar-refractivity contribution in [3.05, 3.63) is 34.4 Å². The standard InChI is InChI=1S/C14H16N2O4/c1-13-7-2-8-14(13,20-9-12(13)17)15-10-3-5-11(6-4-10)16(18)19/h3-6,15H,2,7-9H2,1H3/t13-,14-/m1/s1. The molecular weight excluding hydrogens is 260 g/mol. The van der Waals surface area contributed by atoms with Crippen LogP contribution in [-0.4, -0.2) is 23.0 Å². The predicted molar refractivity (Wildman–Crippen MR) is 72.4 cm³/mol. The van der Waals surface area contributed by atoms with Crippen LogP contribution in [0.4, 0.5) is 11.4 Å². The highest BCUT2D eigenvalue weighted by Crippen LogP contribution is 2.53. The molecular formula is C14H16N2O4. The van der Waals surface area contributed by atoms with E-state index in [2.05, 4.69) is 5.32 Å². The van der Waals surface area contributed by atoms with Crippen LogP contribution < -0.4 is 5.32 Å². The Morgan fingerprint density at radius 3 is 2.65 bits per heavy atom. The van der Waals surface area contributed by atoms with Gasteiger partial charge in [0, 0.05) is 17.8 Å². The average molecular weight is 276 g/mol. The molecule has 3 rings (SSSR count). The van der Waals surface area contributed by atoms with Gasteiger partial charge in [0.1, 0.15) is 6.61 Å². The van der Waals surface area contributed by atoms with E-state index in [9.17, 15) is 14.9 Å². The van der Waals surface area contributed by atoms with Gasteiger partial charge in [-0.2, -0.15) is 0 Å². The summed E-state index contributed by atoms with van der Waals surface area (Å²) in [6.07, 6.45) is 2.51. The molecule has 2 fully saturated rings. The zero-order valence-corrected chi connectivity index (χ0v) is 11.2. The third kappa shape index (κ3) is 1.71. The van der Waals surface area contributed by atoms with Gasteiger partial charge < -0.3 is 10.1 Å². The van der Waals surface area contributed by atoms with Gasteiger partial charge in [0.25, 0.3) is 5.69 Å². The molecule has 1 aliphatic heterocycles. The SMILES string of the molecule is C[C@]12CCC[C@@]1(Nc1ccc([N+](=O)[O-])cc1)OCC2=O. The molecule has 6 nitrogen and oxygen atoms in total. The average Bonchev–Trinajstić information content (AvgIpc) is 2.85. The molecule has 0 spiro atoms. The van der Waals surface area contributed by atoms with Crippen molar-refractivity contribution in [2.75, 3.05) is 11.9 Å². The number of Topliss-reactive ketones (excluding diaryl/α,β-unsaturated/α-hetero) is 1. The quantitative estimate of drug-likeness (QED) is 0.677.